The first-order valence-corrected chi connectivity index (χ1v) is 7.39. The molecule has 0 unspecified atom stereocenters. The van der Waals surface area contributed by atoms with Crippen LogP contribution < -0.4 is 4.74 Å². The fourth-order valence-electron chi connectivity index (χ4n) is 2.72. The number of hydrogen-bond donors (Lipinski definition) is 0. The van der Waals surface area contributed by atoms with Gasteiger partial charge in [-0.3, -0.25) is 4.90 Å². The van der Waals surface area contributed by atoms with E-state index in [2.05, 4.69) is 20.1 Å². The summed E-state index contributed by atoms with van der Waals surface area (Å²) in [5, 5.41) is 8.10. The predicted molar refractivity (Wildman–Crippen MR) is 76.8 cm³/mol. The standard InChI is InChI=1S/C15H20N4O2/c1-3-20-14-8-4-6-12(16-14)10-19-9-5-7-13(19)15-18-17-11(2)21-15/h4,6,8,13H,3,5,7,9-10H2,1-2H3/t13-/m1/s1. The highest BCUT2D eigenvalue weighted by atomic mass is 16.5. The Bertz CT molecular complexity index is 599. The van der Waals surface area contributed by atoms with Gasteiger partial charge in [0.05, 0.1) is 18.3 Å². The minimum Gasteiger partial charge on any atom is -0.478 e. The van der Waals surface area contributed by atoms with Gasteiger partial charge in [-0.1, -0.05) is 6.07 Å². The topological polar surface area (TPSA) is 64.3 Å². The van der Waals surface area contributed by atoms with E-state index < -0.39 is 0 Å². The van der Waals surface area contributed by atoms with E-state index >= 15 is 0 Å². The zero-order valence-corrected chi connectivity index (χ0v) is 12.5. The van der Waals surface area contributed by atoms with E-state index in [1.807, 2.05) is 32.0 Å². The highest BCUT2D eigenvalue weighted by molar-refractivity contribution is 5.16. The maximum atomic E-state index is 5.59. The van der Waals surface area contributed by atoms with E-state index in [4.69, 9.17) is 9.15 Å². The zero-order chi connectivity index (χ0) is 14.7. The van der Waals surface area contributed by atoms with Crippen molar-refractivity contribution in [1.82, 2.24) is 20.1 Å². The number of rotatable bonds is 5. The van der Waals surface area contributed by atoms with E-state index in [0.717, 1.165) is 31.6 Å². The van der Waals surface area contributed by atoms with E-state index in [1.54, 1.807) is 0 Å². The van der Waals surface area contributed by atoms with Crippen molar-refractivity contribution < 1.29 is 9.15 Å². The van der Waals surface area contributed by atoms with Crippen LogP contribution in [-0.4, -0.2) is 33.2 Å². The van der Waals surface area contributed by atoms with Crippen molar-refractivity contribution in [2.45, 2.75) is 39.3 Å². The highest BCUT2D eigenvalue weighted by Gasteiger charge is 2.30. The Morgan fingerprint density at radius 2 is 2.29 bits per heavy atom. The van der Waals surface area contributed by atoms with Crippen LogP contribution in [0, 0.1) is 6.92 Å². The molecule has 0 spiro atoms. The summed E-state index contributed by atoms with van der Waals surface area (Å²) in [6, 6.07) is 6.09. The molecule has 0 aliphatic carbocycles. The molecule has 21 heavy (non-hydrogen) atoms. The van der Waals surface area contributed by atoms with Crippen LogP contribution in [0.5, 0.6) is 5.88 Å². The third kappa shape index (κ3) is 3.21. The molecule has 0 N–H and O–H groups in total. The van der Waals surface area contributed by atoms with Crippen LogP contribution in [0.4, 0.5) is 0 Å². The summed E-state index contributed by atoms with van der Waals surface area (Å²) >= 11 is 0. The Hall–Kier alpha value is -1.95. The normalized spacial score (nSPS) is 19.0. The molecule has 112 valence electrons. The van der Waals surface area contributed by atoms with Gasteiger partial charge in [-0.2, -0.15) is 0 Å². The molecule has 1 aliphatic heterocycles. The highest BCUT2D eigenvalue weighted by Crippen LogP contribution is 2.32. The van der Waals surface area contributed by atoms with E-state index in [-0.39, 0.29) is 6.04 Å². The smallest absolute Gasteiger partial charge is 0.233 e. The zero-order valence-electron chi connectivity index (χ0n) is 12.5. The monoisotopic (exact) mass is 288 g/mol. The summed E-state index contributed by atoms with van der Waals surface area (Å²) in [4.78, 5) is 6.87. The van der Waals surface area contributed by atoms with Gasteiger partial charge in [-0.15, -0.1) is 10.2 Å². The van der Waals surface area contributed by atoms with E-state index in [1.165, 1.54) is 0 Å². The van der Waals surface area contributed by atoms with Crippen LogP contribution in [-0.2, 0) is 6.54 Å². The van der Waals surface area contributed by atoms with Gasteiger partial charge in [-0.05, 0) is 32.4 Å². The average molecular weight is 288 g/mol. The molecule has 0 aromatic carbocycles. The van der Waals surface area contributed by atoms with E-state index in [0.29, 0.717) is 24.3 Å². The quantitative estimate of drug-likeness (QED) is 0.842. The van der Waals surface area contributed by atoms with Gasteiger partial charge in [0.25, 0.3) is 0 Å². The third-order valence-corrected chi connectivity index (χ3v) is 3.63. The second-order valence-corrected chi connectivity index (χ2v) is 5.19. The molecule has 0 amide bonds. The van der Waals surface area contributed by atoms with Gasteiger partial charge in [0.15, 0.2) is 0 Å². The molecule has 3 rings (SSSR count). The van der Waals surface area contributed by atoms with Crippen LogP contribution in [0.25, 0.3) is 0 Å². The summed E-state index contributed by atoms with van der Waals surface area (Å²) in [7, 11) is 0. The fraction of sp³-hybridized carbons (Fsp3) is 0.533. The summed E-state index contributed by atoms with van der Waals surface area (Å²) in [5.41, 5.74) is 1.00. The lowest BCUT2D eigenvalue weighted by molar-refractivity contribution is 0.209. The molecule has 0 saturated carbocycles. The Labute approximate surface area is 124 Å². The Morgan fingerprint density at radius 3 is 3.05 bits per heavy atom. The minimum absolute atomic E-state index is 0.198. The molecule has 2 aromatic rings. The maximum absolute atomic E-state index is 5.59. The van der Waals surface area contributed by atoms with Gasteiger partial charge < -0.3 is 9.15 Å². The molecule has 0 bridgehead atoms. The molecular formula is C15H20N4O2. The second-order valence-electron chi connectivity index (χ2n) is 5.19. The van der Waals surface area contributed by atoms with E-state index in [9.17, 15) is 0 Å². The lowest BCUT2D eigenvalue weighted by atomic mass is 10.2. The molecule has 1 aliphatic rings. The lowest BCUT2D eigenvalue weighted by Crippen LogP contribution is -2.23. The largest absolute Gasteiger partial charge is 0.478 e. The number of aryl methyl sites for hydroxylation is 1. The molecule has 2 aromatic heterocycles. The summed E-state index contributed by atoms with van der Waals surface area (Å²) in [6.45, 7) is 6.20. The fourth-order valence-corrected chi connectivity index (χ4v) is 2.72. The van der Waals surface area contributed by atoms with Crippen LogP contribution >= 0.6 is 0 Å². The van der Waals surface area contributed by atoms with Crippen molar-refractivity contribution in [3.8, 4) is 5.88 Å². The molecule has 1 atom stereocenters. The van der Waals surface area contributed by atoms with Crippen LogP contribution in [0.1, 0.15) is 43.3 Å². The van der Waals surface area contributed by atoms with Gasteiger partial charge >= 0.3 is 0 Å². The predicted octanol–water partition coefficient (Wildman–Crippen LogP) is 2.51. The summed E-state index contributed by atoms with van der Waals surface area (Å²) in [6.07, 6.45) is 2.18. The number of aromatic nitrogens is 3. The average Bonchev–Trinajstić information content (AvgIpc) is 3.08. The van der Waals surface area contributed by atoms with Crippen molar-refractivity contribution in [2.75, 3.05) is 13.2 Å². The van der Waals surface area contributed by atoms with Gasteiger partial charge in [0, 0.05) is 19.5 Å². The summed E-state index contributed by atoms with van der Waals surface area (Å²) < 4.78 is 11.0. The van der Waals surface area contributed by atoms with Crippen LogP contribution in [0.2, 0.25) is 0 Å². The number of pyridine rings is 1. The molecular weight excluding hydrogens is 268 g/mol. The first kappa shape index (κ1) is 14.0. The number of likely N-dealkylation sites (tertiary alicyclic amines) is 1. The van der Waals surface area contributed by atoms with Crippen molar-refractivity contribution in [3.63, 3.8) is 0 Å². The van der Waals surface area contributed by atoms with Gasteiger partial charge in [0.1, 0.15) is 0 Å². The maximum Gasteiger partial charge on any atom is 0.233 e. The SMILES string of the molecule is CCOc1cccc(CN2CCC[C@@H]2c2nnc(C)o2)n1. The number of hydrogen-bond acceptors (Lipinski definition) is 6. The first-order valence-electron chi connectivity index (χ1n) is 7.39. The molecule has 6 heteroatoms. The molecule has 6 nitrogen and oxygen atoms in total. The molecule has 1 saturated heterocycles. The van der Waals surface area contributed by atoms with Crippen molar-refractivity contribution in [1.29, 1.82) is 0 Å². The van der Waals surface area contributed by atoms with Crippen molar-refractivity contribution in [3.05, 3.63) is 35.7 Å². The van der Waals surface area contributed by atoms with Crippen LogP contribution in [0.15, 0.2) is 22.6 Å². The second kappa shape index (κ2) is 6.22. The molecule has 3 heterocycles. The number of ether oxygens (including phenoxy) is 1. The lowest BCUT2D eigenvalue weighted by Gasteiger charge is -2.21. The molecule has 0 radical (unpaired) electrons. The van der Waals surface area contributed by atoms with Crippen LogP contribution in [0.3, 0.4) is 0 Å². The third-order valence-electron chi connectivity index (χ3n) is 3.63. The Balaban J connectivity index is 1.72. The molecule has 1 fully saturated rings. The number of nitrogens with zero attached hydrogens (tertiary/aromatic N) is 4. The van der Waals surface area contributed by atoms with Gasteiger partial charge in [-0.25, -0.2) is 4.98 Å². The van der Waals surface area contributed by atoms with Gasteiger partial charge in [0.2, 0.25) is 17.7 Å². The minimum atomic E-state index is 0.198. The summed E-state index contributed by atoms with van der Waals surface area (Å²) in [5.74, 6) is 2.01. The van der Waals surface area contributed by atoms with Crippen molar-refractivity contribution >= 4 is 0 Å². The Morgan fingerprint density at radius 1 is 1.38 bits per heavy atom. The van der Waals surface area contributed by atoms with Crippen molar-refractivity contribution in [2.24, 2.45) is 0 Å². The first-order chi connectivity index (χ1) is 10.3. The Kier molecular flexibility index (Phi) is 4.15.